The second kappa shape index (κ2) is 12.9. The Balaban J connectivity index is 1.41. The highest BCUT2D eigenvalue weighted by Crippen LogP contribution is 2.35. The molecule has 44 heavy (non-hydrogen) atoms. The lowest BCUT2D eigenvalue weighted by Crippen LogP contribution is -2.46. The first-order valence-corrected chi connectivity index (χ1v) is 15.5. The number of nitrogens with zero attached hydrogens (tertiary/aromatic N) is 5. The molecule has 5 heterocycles. The van der Waals surface area contributed by atoms with Crippen molar-refractivity contribution in [3.05, 3.63) is 35.4 Å². The van der Waals surface area contributed by atoms with E-state index in [2.05, 4.69) is 22.5 Å². The number of fused-ring (bicyclic) bond motifs is 1. The Morgan fingerprint density at radius 1 is 1.16 bits per heavy atom. The van der Waals surface area contributed by atoms with Crippen LogP contribution >= 0.6 is 0 Å². The largest absolute Gasteiger partial charge is 0.444 e. The van der Waals surface area contributed by atoms with Gasteiger partial charge in [0.2, 0.25) is 0 Å². The zero-order valence-electron chi connectivity index (χ0n) is 26.2. The predicted molar refractivity (Wildman–Crippen MR) is 168 cm³/mol. The Bertz CT molecular complexity index is 1380. The second-order valence-electron chi connectivity index (χ2n) is 13.2. The molecule has 5 N–H and O–H groups in total. The number of carbonyl (C=O) groups excluding carboxylic acids is 2. The number of amidine groups is 1. The zero-order chi connectivity index (χ0) is 31.5. The number of pyridine rings is 1. The van der Waals surface area contributed by atoms with E-state index >= 15 is 0 Å². The fourth-order valence-corrected chi connectivity index (χ4v) is 5.87. The Kier molecular flexibility index (Phi) is 9.23. The van der Waals surface area contributed by atoms with Crippen LogP contribution in [-0.4, -0.2) is 77.4 Å². The highest BCUT2D eigenvalue weighted by Gasteiger charge is 2.35. The van der Waals surface area contributed by atoms with Gasteiger partial charge >= 0.3 is 6.09 Å². The van der Waals surface area contributed by atoms with Gasteiger partial charge in [-0.2, -0.15) is 0 Å². The van der Waals surface area contributed by atoms with Crippen LogP contribution in [0.25, 0.3) is 0 Å². The molecule has 0 bridgehead atoms. The summed E-state index contributed by atoms with van der Waals surface area (Å²) >= 11 is 0. The molecule has 2 saturated heterocycles. The Morgan fingerprint density at radius 2 is 1.93 bits per heavy atom. The minimum Gasteiger partial charge on any atom is -0.444 e. The van der Waals surface area contributed by atoms with Gasteiger partial charge in [-0.15, -0.1) is 0 Å². The van der Waals surface area contributed by atoms with Gasteiger partial charge in [-0.05, 0) is 83.3 Å². The third-order valence-electron chi connectivity index (χ3n) is 8.36. The molecule has 3 aliphatic heterocycles. The molecule has 0 spiro atoms. The van der Waals surface area contributed by atoms with Gasteiger partial charge in [-0.1, -0.05) is 6.92 Å². The van der Waals surface area contributed by atoms with Crippen molar-refractivity contribution < 1.29 is 19.1 Å². The fraction of sp³-hybridized carbons (Fsp3) is 0.613. The van der Waals surface area contributed by atoms with Crippen molar-refractivity contribution in [2.45, 2.75) is 84.5 Å². The molecule has 0 saturated carbocycles. The number of primary amides is 1. The SMILES string of the molecule is CC1(CNC(=O)OC(C)(C)C)CCN(c2nc(NC3CCCCO3)c(C(=N)N3CCCc4ncccc43)nc2C(N)=O)CC1. The van der Waals surface area contributed by atoms with E-state index in [4.69, 9.17) is 25.2 Å². The number of piperidine rings is 1. The number of nitrogens with one attached hydrogen (secondary N) is 3. The van der Waals surface area contributed by atoms with Gasteiger partial charge < -0.3 is 35.6 Å². The molecule has 1 atom stereocenters. The van der Waals surface area contributed by atoms with Crippen LogP contribution in [0.1, 0.15) is 88.1 Å². The van der Waals surface area contributed by atoms with Gasteiger partial charge in [0.1, 0.15) is 17.5 Å². The highest BCUT2D eigenvalue weighted by atomic mass is 16.6. The molecule has 2 amide bonds. The van der Waals surface area contributed by atoms with Crippen LogP contribution in [0.5, 0.6) is 0 Å². The first-order valence-electron chi connectivity index (χ1n) is 15.5. The number of carbonyl (C=O) groups is 2. The molecular formula is C31H45N9O4. The van der Waals surface area contributed by atoms with Gasteiger partial charge in [0.15, 0.2) is 23.2 Å². The lowest BCUT2D eigenvalue weighted by molar-refractivity contribution is 0.0340. The zero-order valence-corrected chi connectivity index (χ0v) is 26.2. The van der Waals surface area contributed by atoms with Crippen LogP contribution in [-0.2, 0) is 15.9 Å². The summed E-state index contributed by atoms with van der Waals surface area (Å²) in [5, 5.41) is 15.6. The number of rotatable bonds is 7. The molecule has 3 aliphatic rings. The van der Waals surface area contributed by atoms with E-state index in [9.17, 15) is 15.0 Å². The summed E-state index contributed by atoms with van der Waals surface area (Å²) in [5.41, 5.74) is 7.21. The molecule has 238 valence electrons. The number of anilines is 3. The number of amides is 2. The molecule has 2 aromatic rings. The van der Waals surface area contributed by atoms with E-state index in [1.807, 2.05) is 42.7 Å². The molecule has 2 fully saturated rings. The maximum absolute atomic E-state index is 12.8. The molecule has 2 aromatic heterocycles. The second-order valence-corrected chi connectivity index (χ2v) is 13.2. The van der Waals surface area contributed by atoms with Crippen molar-refractivity contribution in [3.63, 3.8) is 0 Å². The Morgan fingerprint density at radius 3 is 2.61 bits per heavy atom. The number of hydrogen-bond acceptors (Lipinski definition) is 10. The average molecular weight is 608 g/mol. The fourth-order valence-electron chi connectivity index (χ4n) is 5.87. The Labute approximate surface area is 258 Å². The van der Waals surface area contributed by atoms with Crippen molar-refractivity contribution in [1.29, 1.82) is 5.41 Å². The summed E-state index contributed by atoms with van der Waals surface area (Å²) in [4.78, 5) is 43.2. The number of nitrogens with two attached hydrogens (primary N) is 1. The van der Waals surface area contributed by atoms with E-state index in [-0.39, 0.29) is 28.9 Å². The monoisotopic (exact) mass is 607 g/mol. The van der Waals surface area contributed by atoms with Crippen LogP contribution in [0.4, 0.5) is 22.1 Å². The van der Waals surface area contributed by atoms with Crippen LogP contribution in [0, 0.1) is 10.8 Å². The van der Waals surface area contributed by atoms with Gasteiger partial charge in [-0.3, -0.25) is 15.2 Å². The summed E-state index contributed by atoms with van der Waals surface area (Å²) in [6, 6.07) is 3.81. The maximum atomic E-state index is 12.8. The lowest BCUT2D eigenvalue weighted by atomic mass is 9.80. The minimum atomic E-state index is -0.706. The first-order chi connectivity index (χ1) is 20.9. The predicted octanol–water partition coefficient (Wildman–Crippen LogP) is 3.82. The van der Waals surface area contributed by atoms with Crippen molar-refractivity contribution in [2.24, 2.45) is 11.1 Å². The van der Waals surface area contributed by atoms with Crippen molar-refractivity contribution >= 4 is 35.2 Å². The van der Waals surface area contributed by atoms with Crippen molar-refractivity contribution in [3.8, 4) is 0 Å². The molecule has 13 nitrogen and oxygen atoms in total. The number of hydrogen-bond donors (Lipinski definition) is 4. The third kappa shape index (κ3) is 7.37. The number of ether oxygens (including phenoxy) is 2. The molecule has 13 heteroatoms. The van der Waals surface area contributed by atoms with Crippen LogP contribution in [0.3, 0.4) is 0 Å². The molecular weight excluding hydrogens is 562 g/mol. The van der Waals surface area contributed by atoms with Gasteiger partial charge in [0, 0.05) is 39.0 Å². The molecule has 0 aromatic carbocycles. The molecule has 0 radical (unpaired) electrons. The standard InChI is InChI=1S/C31H45N9O4/c1-30(2,3)44-29(42)35-19-31(4)12-16-39(17-13-31)28-24(26(33)41)37-23(27(38-28)36-22-11-5-6-18-43-22)25(32)40-15-8-9-20-21(40)10-7-14-34-20/h7,10,14,22,32H,5-6,8-9,11-13,15-19H2,1-4H3,(H2,33,41)(H,35,42)(H,36,38). The number of aryl methyl sites for hydroxylation is 1. The normalized spacial score (nSPS) is 20.0. The Hall–Kier alpha value is -4.00. The van der Waals surface area contributed by atoms with Gasteiger partial charge in [0.05, 0.1) is 11.4 Å². The van der Waals surface area contributed by atoms with E-state index in [1.165, 1.54) is 0 Å². The summed E-state index contributed by atoms with van der Waals surface area (Å²) in [6.45, 7) is 10.5. The highest BCUT2D eigenvalue weighted by molar-refractivity contribution is 6.11. The topological polar surface area (TPSA) is 172 Å². The van der Waals surface area contributed by atoms with E-state index in [1.54, 1.807) is 6.20 Å². The number of alkyl carbamates (subject to hydrolysis) is 1. The number of aromatic nitrogens is 3. The average Bonchev–Trinajstić information content (AvgIpc) is 2.99. The first kappa shape index (κ1) is 31.4. The quantitative estimate of drug-likeness (QED) is 0.268. The van der Waals surface area contributed by atoms with Crippen molar-refractivity contribution in [2.75, 3.05) is 47.9 Å². The molecule has 1 unspecified atom stereocenters. The van der Waals surface area contributed by atoms with E-state index in [0.717, 1.165) is 56.3 Å². The van der Waals surface area contributed by atoms with Gasteiger partial charge in [-0.25, -0.2) is 14.8 Å². The van der Waals surface area contributed by atoms with Crippen LogP contribution in [0.2, 0.25) is 0 Å². The maximum Gasteiger partial charge on any atom is 0.407 e. The third-order valence-corrected chi connectivity index (χ3v) is 8.36. The molecule has 0 aliphatic carbocycles. The summed E-state index contributed by atoms with van der Waals surface area (Å²) in [7, 11) is 0. The smallest absolute Gasteiger partial charge is 0.407 e. The van der Waals surface area contributed by atoms with Crippen molar-refractivity contribution in [1.82, 2.24) is 20.3 Å². The van der Waals surface area contributed by atoms with Gasteiger partial charge in [0.25, 0.3) is 5.91 Å². The minimum absolute atomic E-state index is 0.0266. The summed E-state index contributed by atoms with van der Waals surface area (Å²) in [5.74, 6) is 0.189. The van der Waals surface area contributed by atoms with E-state index < -0.39 is 17.6 Å². The van der Waals surface area contributed by atoms with Crippen LogP contribution in [0.15, 0.2) is 18.3 Å². The van der Waals surface area contributed by atoms with E-state index in [0.29, 0.717) is 44.4 Å². The summed E-state index contributed by atoms with van der Waals surface area (Å²) in [6.07, 6.45) is 7.00. The molecule has 5 rings (SSSR count). The lowest BCUT2D eigenvalue weighted by Gasteiger charge is -2.40. The van der Waals surface area contributed by atoms with Crippen LogP contribution < -0.4 is 26.2 Å². The summed E-state index contributed by atoms with van der Waals surface area (Å²) < 4.78 is 11.4.